The SMILES string of the molecule is c1ccc2cc3cc4c(cc3cc2c1)c1c2c(c3cc5cc6ccccc6cc5cc3c3cccn32)c2c(c3cc5cc6ccccc6cc5cc3c3cccn32)c1n1cccc41. The lowest BCUT2D eigenvalue weighted by Crippen LogP contribution is -2.01. The van der Waals surface area contributed by atoms with Gasteiger partial charge >= 0.3 is 0 Å². The highest BCUT2D eigenvalue weighted by atomic mass is 14.9. The molecule has 288 valence electrons. The molecule has 3 heteroatoms. The van der Waals surface area contributed by atoms with Gasteiger partial charge in [0.15, 0.2) is 0 Å². The van der Waals surface area contributed by atoms with E-state index in [4.69, 9.17) is 0 Å². The van der Waals surface area contributed by atoms with Crippen molar-refractivity contribution in [3.8, 4) is 0 Å². The monoisotopic (exact) mass is 795 g/mol. The quantitative estimate of drug-likeness (QED) is 0.107. The minimum atomic E-state index is 1.21. The van der Waals surface area contributed by atoms with Crippen LogP contribution in [0.5, 0.6) is 0 Å². The largest absolute Gasteiger partial charge is 0.315 e. The van der Waals surface area contributed by atoms with Crippen LogP contribution in [0.4, 0.5) is 0 Å². The molecule has 6 heterocycles. The van der Waals surface area contributed by atoms with Crippen molar-refractivity contribution in [1.82, 2.24) is 13.2 Å². The van der Waals surface area contributed by atoms with E-state index >= 15 is 0 Å². The van der Waals surface area contributed by atoms with Crippen LogP contribution in [0.3, 0.4) is 0 Å². The first-order valence-corrected chi connectivity index (χ1v) is 21.9. The second kappa shape index (κ2) is 11.3. The van der Waals surface area contributed by atoms with Crippen molar-refractivity contribution in [3.05, 3.63) is 201 Å². The Kier molecular flexibility index (Phi) is 5.80. The fourth-order valence-corrected chi connectivity index (χ4v) is 11.8. The summed E-state index contributed by atoms with van der Waals surface area (Å²) in [5, 5.41) is 26.4. The highest BCUT2D eigenvalue weighted by Gasteiger charge is 2.25. The van der Waals surface area contributed by atoms with Gasteiger partial charge in [0.2, 0.25) is 0 Å². The molecule has 0 spiro atoms. The fraction of sp³-hybridized carbons (Fsp3) is 0. The average Bonchev–Trinajstić information content (AvgIpc) is 4.13. The Morgan fingerprint density at radius 2 is 0.444 bits per heavy atom. The molecule has 0 aliphatic heterocycles. The van der Waals surface area contributed by atoms with Gasteiger partial charge in [-0.05, 0) is 190 Å². The Balaban J connectivity index is 1.25. The molecular formula is C60H33N3. The first-order chi connectivity index (χ1) is 31.2. The Bertz CT molecular complexity index is 4270. The average molecular weight is 796 g/mol. The summed E-state index contributed by atoms with van der Waals surface area (Å²) in [6.45, 7) is 0. The number of hydrogen-bond acceptors (Lipinski definition) is 0. The van der Waals surface area contributed by atoms with Crippen LogP contribution < -0.4 is 0 Å². The maximum absolute atomic E-state index is 2.50. The summed E-state index contributed by atoms with van der Waals surface area (Å²) in [5.74, 6) is 0. The summed E-state index contributed by atoms with van der Waals surface area (Å²) in [5.41, 5.74) is 7.32. The second-order valence-electron chi connectivity index (χ2n) is 17.8. The first kappa shape index (κ1) is 32.4. The zero-order chi connectivity index (χ0) is 40.7. The maximum atomic E-state index is 2.50. The van der Waals surface area contributed by atoms with Crippen molar-refractivity contribution < 1.29 is 0 Å². The molecule has 0 unspecified atom stereocenters. The number of pyridine rings is 3. The van der Waals surface area contributed by atoms with Crippen LogP contribution in [0.2, 0.25) is 0 Å². The van der Waals surface area contributed by atoms with Gasteiger partial charge in [0.1, 0.15) is 0 Å². The molecule has 6 aromatic heterocycles. The second-order valence-corrected chi connectivity index (χ2v) is 17.8. The van der Waals surface area contributed by atoms with Crippen molar-refractivity contribution in [1.29, 1.82) is 0 Å². The van der Waals surface area contributed by atoms with Crippen molar-refractivity contribution in [2.24, 2.45) is 0 Å². The van der Waals surface area contributed by atoms with Crippen LogP contribution >= 0.6 is 0 Å². The summed E-state index contributed by atoms with van der Waals surface area (Å²) in [7, 11) is 0. The number of nitrogens with zero attached hydrogens (tertiary/aromatic N) is 3. The Morgan fingerprint density at radius 3 is 0.698 bits per heavy atom. The standard InChI is InChI=1S/C60H33N3/c1-4-13-37-25-43-31-49-46(28-40(43)22-34(37)10-1)52-16-7-19-61(52)58-55(49)59-57(51-33-45-27-39-15-6-3-12-36(39)24-42(45)30-48(51)53-17-8-20-62(53)59)60-56(58)50-32-44-26-38-14-5-2-11-35(38)23-41(44)29-47(50)54-18-9-21-63(54)60/h1-33H. The number of fused-ring (bicyclic) bond motifs is 27. The number of aromatic nitrogens is 3. The van der Waals surface area contributed by atoms with Gasteiger partial charge in [-0.25, -0.2) is 0 Å². The molecule has 0 saturated heterocycles. The molecule has 0 aliphatic carbocycles. The molecule has 0 bridgehead atoms. The zero-order valence-electron chi connectivity index (χ0n) is 33.9. The van der Waals surface area contributed by atoms with Gasteiger partial charge in [0, 0.05) is 50.9 Å². The van der Waals surface area contributed by atoms with Crippen LogP contribution in [0.25, 0.3) is 146 Å². The fourth-order valence-electron chi connectivity index (χ4n) is 11.8. The maximum Gasteiger partial charge on any atom is 0.0655 e. The molecule has 16 aromatic rings. The number of benzene rings is 10. The van der Waals surface area contributed by atoms with E-state index < -0.39 is 0 Å². The van der Waals surface area contributed by atoms with E-state index in [2.05, 4.69) is 214 Å². The molecule has 0 fully saturated rings. The summed E-state index contributed by atoms with van der Waals surface area (Å²) in [6, 6.07) is 68.9. The lowest BCUT2D eigenvalue weighted by atomic mass is 9.90. The normalized spacial score (nSPS) is 12.8. The predicted octanol–water partition coefficient (Wildman–Crippen LogP) is 16.3. The molecule has 16 rings (SSSR count). The Morgan fingerprint density at radius 1 is 0.206 bits per heavy atom. The molecule has 0 aliphatic rings. The molecule has 0 amide bonds. The molecular weight excluding hydrogens is 763 g/mol. The van der Waals surface area contributed by atoms with Crippen molar-refractivity contribution in [2.75, 3.05) is 0 Å². The third-order valence-electron chi connectivity index (χ3n) is 14.5. The van der Waals surface area contributed by atoms with Crippen molar-refractivity contribution in [2.45, 2.75) is 0 Å². The van der Waals surface area contributed by atoms with E-state index in [0.717, 1.165) is 0 Å². The van der Waals surface area contributed by atoms with E-state index in [-0.39, 0.29) is 0 Å². The molecule has 0 N–H and O–H groups in total. The third kappa shape index (κ3) is 4.10. The van der Waals surface area contributed by atoms with Gasteiger partial charge in [0.05, 0.1) is 33.1 Å². The molecule has 10 aromatic carbocycles. The Hall–Kier alpha value is -8.40. The predicted molar refractivity (Wildman–Crippen MR) is 269 cm³/mol. The highest BCUT2D eigenvalue weighted by molar-refractivity contribution is 6.41. The van der Waals surface area contributed by atoms with Gasteiger partial charge in [-0.3, -0.25) is 0 Å². The van der Waals surface area contributed by atoms with Gasteiger partial charge in [0.25, 0.3) is 0 Å². The van der Waals surface area contributed by atoms with E-state index in [0.29, 0.717) is 0 Å². The van der Waals surface area contributed by atoms with E-state index in [1.165, 1.54) is 146 Å². The summed E-state index contributed by atoms with van der Waals surface area (Å²) >= 11 is 0. The Labute approximate surface area is 358 Å². The molecule has 0 atom stereocenters. The van der Waals surface area contributed by atoms with Crippen molar-refractivity contribution in [3.63, 3.8) is 0 Å². The molecule has 3 nitrogen and oxygen atoms in total. The van der Waals surface area contributed by atoms with Gasteiger partial charge in [-0.15, -0.1) is 0 Å². The van der Waals surface area contributed by atoms with Crippen LogP contribution in [0.15, 0.2) is 201 Å². The van der Waals surface area contributed by atoms with E-state index in [1.807, 2.05) is 0 Å². The van der Waals surface area contributed by atoms with Crippen LogP contribution in [0, 0.1) is 0 Å². The summed E-state index contributed by atoms with van der Waals surface area (Å²) in [6.07, 6.45) is 6.87. The van der Waals surface area contributed by atoms with Crippen LogP contribution in [-0.2, 0) is 0 Å². The smallest absolute Gasteiger partial charge is 0.0655 e. The van der Waals surface area contributed by atoms with Crippen LogP contribution in [0.1, 0.15) is 0 Å². The highest BCUT2D eigenvalue weighted by Crippen LogP contribution is 2.49. The van der Waals surface area contributed by atoms with E-state index in [9.17, 15) is 0 Å². The van der Waals surface area contributed by atoms with Gasteiger partial charge < -0.3 is 13.2 Å². The molecule has 0 saturated carbocycles. The van der Waals surface area contributed by atoms with E-state index in [1.54, 1.807) is 0 Å². The third-order valence-corrected chi connectivity index (χ3v) is 14.5. The lowest BCUT2D eigenvalue weighted by Gasteiger charge is -2.22. The molecule has 63 heavy (non-hydrogen) atoms. The number of hydrogen-bond donors (Lipinski definition) is 0. The van der Waals surface area contributed by atoms with Crippen LogP contribution in [-0.4, -0.2) is 13.2 Å². The lowest BCUT2D eigenvalue weighted by molar-refractivity contribution is 1.26. The summed E-state index contributed by atoms with van der Waals surface area (Å²) < 4.78 is 7.49. The number of rotatable bonds is 0. The molecule has 0 radical (unpaired) electrons. The van der Waals surface area contributed by atoms with Gasteiger partial charge in [-0.1, -0.05) is 72.8 Å². The minimum Gasteiger partial charge on any atom is -0.315 e. The van der Waals surface area contributed by atoms with Crippen molar-refractivity contribution >= 4 is 146 Å². The van der Waals surface area contributed by atoms with Gasteiger partial charge in [-0.2, -0.15) is 0 Å². The minimum absolute atomic E-state index is 1.21. The summed E-state index contributed by atoms with van der Waals surface area (Å²) in [4.78, 5) is 0. The first-order valence-electron chi connectivity index (χ1n) is 21.9. The zero-order valence-corrected chi connectivity index (χ0v) is 33.9. The topological polar surface area (TPSA) is 13.2 Å².